The minimum absolute atomic E-state index is 0.125. The lowest BCUT2D eigenvalue weighted by Gasteiger charge is -2.48. The molecule has 8 heteroatoms. The summed E-state index contributed by atoms with van der Waals surface area (Å²) in [6.07, 6.45) is 7.20. The summed E-state index contributed by atoms with van der Waals surface area (Å²) in [5, 5.41) is 2.36. The van der Waals surface area contributed by atoms with Crippen LogP contribution < -0.4 is 10.1 Å². The number of pyridine rings is 1. The van der Waals surface area contributed by atoms with Crippen molar-refractivity contribution in [1.82, 2.24) is 20.1 Å². The van der Waals surface area contributed by atoms with Gasteiger partial charge in [-0.25, -0.2) is 0 Å². The van der Waals surface area contributed by atoms with E-state index in [9.17, 15) is 14.4 Å². The maximum Gasteiger partial charge on any atom is 0.255 e. The second-order valence-electron chi connectivity index (χ2n) is 10.6. The molecule has 1 N–H and O–H groups in total. The number of ether oxygens (including phenoxy) is 1. The van der Waals surface area contributed by atoms with E-state index in [0.717, 1.165) is 49.4 Å². The van der Waals surface area contributed by atoms with Crippen LogP contribution in [0.5, 0.6) is 5.75 Å². The van der Waals surface area contributed by atoms with Crippen LogP contribution >= 0.6 is 0 Å². The van der Waals surface area contributed by atoms with Gasteiger partial charge in [0.15, 0.2) is 0 Å². The van der Waals surface area contributed by atoms with Crippen LogP contribution in [-0.4, -0.2) is 63.8 Å². The third-order valence-corrected chi connectivity index (χ3v) is 8.22. The van der Waals surface area contributed by atoms with Crippen LogP contribution in [0.25, 0.3) is 0 Å². The molecule has 1 saturated carbocycles. The summed E-state index contributed by atoms with van der Waals surface area (Å²) in [6, 6.07) is 9.79. The summed E-state index contributed by atoms with van der Waals surface area (Å²) in [5.74, 6) is 0.523. The Labute approximate surface area is 211 Å². The van der Waals surface area contributed by atoms with E-state index >= 15 is 0 Å². The number of piperidine rings is 1. The molecule has 3 amide bonds. The smallest absolute Gasteiger partial charge is 0.255 e. The maximum absolute atomic E-state index is 13.0. The highest BCUT2D eigenvalue weighted by Crippen LogP contribution is 2.36. The van der Waals surface area contributed by atoms with E-state index in [4.69, 9.17) is 4.74 Å². The maximum atomic E-state index is 13.0. The predicted octanol–water partition coefficient (Wildman–Crippen LogP) is 2.94. The quantitative estimate of drug-likeness (QED) is 0.651. The summed E-state index contributed by atoms with van der Waals surface area (Å²) < 4.78 is 6.56. The molecule has 188 valence electrons. The molecule has 2 aromatic rings. The number of rotatable bonds is 5. The van der Waals surface area contributed by atoms with Crippen molar-refractivity contribution in [3.8, 4) is 5.75 Å². The number of imide groups is 1. The number of amides is 3. The van der Waals surface area contributed by atoms with Crippen molar-refractivity contribution in [3.63, 3.8) is 0 Å². The number of likely N-dealkylation sites (tertiary alicyclic amines) is 1. The third-order valence-electron chi connectivity index (χ3n) is 8.22. The molecular formula is C28H32N4O4. The van der Waals surface area contributed by atoms with E-state index in [2.05, 4.69) is 27.3 Å². The van der Waals surface area contributed by atoms with Gasteiger partial charge in [0.2, 0.25) is 11.8 Å². The highest BCUT2D eigenvalue weighted by Gasteiger charge is 2.41. The van der Waals surface area contributed by atoms with E-state index in [1.807, 2.05) is 31.3 Å². The van der Waals surface area contributed by atoms with Gasteiger partial charge in [-0.2, -0.15) is 0 Å². The SMILES string of the molecule is Cc1cc(C2CN(C3CCCCC3Oc3ccc4c(c3)CN(C3CCC(=O)NC3=O)C4=O)C2)ccn1. The zero-order valence-electron chi connectivity index (χ0n) is 20.6. The number of aryl methyl sites for hydroxylation is 1. The molecule has 2 saturated heterocycles. The Morgan fingerprint density at radius 2 is 1.86 bits per heavy atom. The molecule has 3 aliphatic heterocycles. The summed E-state index contributed by atoms with van der Waals surface area (Å²) in [6.45, 7) is 4.51. The fraction of sp³-hybridized carbons (Fsp3) is 0.500. The second-order valence-corrected chi connectivity index (χ2v) is 10.6. The molecule has 8 nitrogen and oxygen atoms in total. The van der Waals surface area contributed by atoms with E-state index < -0.39 is 6.04 Å². The normalized spacial score (nSPS) is 27.0. The fourth-order valence-corrected chi connectivity index (χ4v) is 6.25. The lowest BCUT2D eigenvalue weighted by atomic mass is 9.84. The number of hydrogen-bond acceptors (Lipinski definition) is 6. The molecule has 3 atom stereocenters. The zero-order chi connectivity index (χ0) is 24.8. The Hall–Kier alpha value is -3.26. The van der Waals surface area contributed by atoms with Gasteiger partial charge in [0.25, 0.3) is 5.91 Å². The molecule has 4 aliphatic rings. The first kappa shape index (κ1) is 23.2. The molecule has 0 bridgehead atoms. The molecule has 1 aromatic heterocycles. The van der Waals surface area contributed by atoms with Gasteiger partial charge in [0, 0.05) is 55.5 Å². The molecule has 0 spiro atoms. The number of fused-ring (bicyclic) bond motifs is 1. The Balaban J connectivity index is 1.12. The lowest BCUT2D eigenvalue weighted by molar-refractivity contribution is -0.136. The van der Waals surface area contributed by atoms with Gasteiger partial charge < -0.3 is 9.64 Å². The van der Waals surface area contributed by atoms with Gasteiger partial charge in [-0.05, 0) is 74.1 Å². The van der Waals surface area contributed by atoms with Gasteiger partial charge in [-0.15, -0.1) is 0 Å². The number of benzene rings is 1. The molecule has 1 aromatic carbocycles. The van der Waals surface area contributed by atoms with Crippen molar-refractivity contribution in [2.45, 2.75) is 76.1 Å². The molecule has 36 heavy (non-hydrogen) atoms. The first-order valence-electron chi connectivity index (χ1n) is 13.1. The topological polar surface area (TPSA) is 91.8 Å². The minimum Gasteiger partial charge on any atom is -0.489 e. The van der Waals surface area contributed by atoms with E-state index in [0.29, 0.717) is 30.5 Å². The Kier molecular flexibility index (Phi) is 5.99. The summed E-state index contributed by atoms with van der Waals surface area (Å²) in [7, 11) is 0. The minimum atomic E-state index is -0.599. The lowest BCUT2D eigenvalue weighted by Crippen LogP contribution is -2.57. The van der Waals surface area contributed by atoms with Crippen molar-refractivity contribution in [2.75, 3.05) is 13.1 Å². The molecule has 0 radical (unpaired) electrons. The standard InChI is InChI=1S/C28H32N4O4/c1-17-12-18(10-11-29-17)20-14-31(15-20)23-4-2-3-5-25(23)36-21-6-7-22-19(13-21)16-32(28(22)35)24-8-9-26(33)30-27(24)34/h6-7,10-13,20,23-25H,2-5,8-9,14-16H2,1H3,(H,30,33,34). The predicted molar refractivity (Wildman–Crippen MR) is 132 cm³/mol. The van der Waals surface area contributed by atoms with Crippen LogP contribution in [0, 0.1) is 6.92 Å². The number of nitrogens with zero attached hydrogens (tertiary/aromatic N) is 3. The van der Waals surface area contributed by atoms with Gasteiger partial charge in [0.05, 0.1) is 0 Å². The fourth-order valence-electron chi connectivity index (χ4n) is 6.25. The van der Waals surface area contributed by atoms with Crippen LogP contribution in [0.1, 0.15) is 71.6 Å². The average Bonchev–Trinajstić information content (AvgIpc) is 3.15. The van der Waals surface area contributed by atoms with Gasteiger partial charge in [-0.1, -0.05) is 6.42 Å². The molecular weight excluding hydrogens is 456 g/mol. The van der Waals surface area contributed by atoms with E-state index in [-0.39, 0.29) is 30.2 Å². The summed E-state index contributed by atoms with van der Waals surface area (Å²) in [5.41, 5.74) is 3.93. The van der Waals surface area contributed by atoms with Gasteiger partial charge in [0.1, 0.15) is 17.9 Å². The highest BCUT2D eigenvalue weighted by molar-refractivity contribution is 6.05. The van der Waals surface area contributed by atoms with E-state index in [1.54, 1.807) is 4.90 Å². The largest absolute Gasteiger partial charge is 0.489 e. The highest BCUT2D eigenvalue weighted by atomic mass is 16.5. The molecule has 3 unspecified atom stereocenters. The van der Waals surface area contributed by atoms with E-state index in [1.165, 1.54) is 12.0 Å². The third kappa shape index (κ3) is 4.28. The van der Waals surface area contributed by atoms with Crippen molar-refractivity contribution in [2.24, 2.45) is 0 Å². The first-order chi connectivity index (χ1) is 17.5. The molecule has 3 fully saturated rings. The van der Waals surface area contributed by atoms with Crippen molar-refractivity contribution >= 4 is 17.7 Å². The number of aromatic nitrogens is 1. The molecule has 1 aliphatic carbocycles. The number of hydrogen-bond donors (Lipinski definition) is 1. The number of carbonyl (C=O) groups excluding carboxylic acids is 3. The molecule has 4 heterocycles. The van der Waals surface area contributed by atoms with Crippen LogP contribution in [-0.2, 0) is 16.1 Å². The van der Waals surface area contributed by atoms with Crippen molar-refractivity contribution in [1.29, 1.82) is 0 Å². The Bertz CT molecular complexity index is 1210. The first-order valence-corrected chi connectivity index (χ1v) is 13.1. The average molecular weight is 489 g/mol. The summed E-state index contributed by atoms with van der Waals surface area (Å²) in [4.78, 5) is 45.3. The van der Waals surface area contributed by atoms with Crippen LogP contribution in [0.15, 0.2) is 36.5 Å². The Morgan fingerprint density at radius 1 is 1.03 bits per heavy atom. The number of nitrogens with one attached hydrogen (secondary N) is 1. The van der Waals surface area contributed by atoms with Crippen molar-refractivity contribution in [3.05, 3.63) is 58.9 Å². The van der Waals surface area contributed by atoms with Crippen LogP contribution in [0.4, 0.5) is 0 Å². The van der Waals surface area contributed by atoms with Gasteiger partial charge >= 0.3 is 0 Å². The van der Waals surface area contributed by atoms with Crippen LogP contribution in [0.3, 0.4) is 0 Å². The summed E-state index contributed by atoms with van der Waals surface area (Å²) >= 11 is 0. The van der Waals surface area contributed by atoms with Crippen molar-refractivity contribution < 1.29 is 19.1 Å². The Morgan fingerprint density at radius 3 is 2.67 bits per heavy atom. The monoisotopic (exact) mass is 488 g/mol. The molecule has 6 rings (SSSR count). The van der Waals surface area contributed by atoms with Gasteiger partial charge in [-0.3, -0.25) is 29.6 Å². The van der Waals surface area contributed by atoms with Crippen LogP contribution in [0.2, 0.25) is 0 Å². The second kappa shape index (κ2) is 9.32. The number of carbonyl (C=O) groups is 3. The zero-order valence-corrected chi connectivity index (χ0v) is 20.6.